The van der Waals surface area contributed by atoms with Gasteiger partial charge in [0.05, 0.1) is 18.0 Å². The molecule has 0 aliphatic heterocycles. The Morgan fingerprint density at radius 3 is 2.94 bits per heavy atom. The standard InChI is InChI=1S/C10H8BrClN2O2/c1-16-7-3-2-5-9(8(7)12)13-6(4-11)10(15)14-5/h2-3H,4H2,1H3,(H,14,15). The molecule has 1 heterocycles. The second-order valence-electron chi connectivity index (χ2n) is 3.12. The molecule has 1 aromatic carbocycles. The van der Waals surface area contributed by atoms with Crippen molar-refractivity contribution in [2.45, 2.75) is 5.33 Å². The van der Waals surface area contributed by atoms with Crippen molar-refractivity contribution in [2.75, 3.05) is 7.11 Å². The second kappa shape index (κ2) is 4.43. The molecule has 2 rings (SSSR count). The van der Waals surface area contributed by atoms with E-state index in [9.17, 15) is 4.79 Å². The third-order valence-electron chi connectivity index (χ3n) is 2.18. The van der Waals surface area contributed by atoms with Gasteiger partial charge in [-0.15, -0.1) is 0 Å². The topological polar surface area (TPSA) is 55.0 Å². The largest absolute Gasteiger partial charge is 0.495 e. The predicted octanol–water partition coefficient (Wildman–Crippen LogP) is 2.48. The molecule has 6 heteroatoms. The summed E-state index contributed by atoms with van der Waals surface area (Å²) in [5, 5.41) is 0.782. The number of nitrogens with one attached hydrogen (secondary N) is 1. The molecule has 16 heavy (non-hydrogen) atoms. The zero-order chi connectivity index (χ0) is 11.7. The van der Waals surface area contributed by atoms with E-state index in [2.05, 4.69) is 25.9 Å². The number of alkyl halides is 1. The number of rotatable bonds is 2. The van der Waals surface area contributed by atoms with Crippen LogP contribution in [0.1, 0.15) is 5.69 Å². The highest BCUT2D eigenvalue weighted by molar-refractivity contribution is 9.08. The summed E-state index contributed by atoms with van der Waals surface area (Å²) in [4.78, 5) is 18.4. The number of methoxy groups -OCH3 is 1. The van der Waals surface area contributed by atoms with Crippen LogP contribution in [0, 0.1) is 0 Å². The van der Waals surface area contributed by atoms with Gasteiger partial charge in [0.2, 0.25) is 0 Å². The minimum atomic E-state index is -0.217. The van der Waals surface area contributed by atoms with E-state index in [0.29, 0.717) is 32.8 Å². The summed E-state index contributed by atoms with van der Waals surface area (Å²) in [5.41, 5.74) is 1.31. The van der Waals surface area contributed by atoms with Gasteiger partial charge in [-0.05, 0) is 12.1 Å². The maximum atomic E-state index is 11.5. The molecule has 0 saturated carbocycles. The van der Waals surface area contributed by atoms with Gasteiger partial charge in [-0.3, -0.25) is 4.79 Å². The molecular formula is C10H8BrClN2O2. The lowest BCUT2D eigenvalue weighted by atomic mass is 10.2. The van der Waals surface area contributed by atoms with Gasteiger partial charge in [0, 0.05) is 0 Å². The molecule has 4 nitrogen and oxygen atoms in total. The molecule has 1 N–H and O–H groups in total. The van der Waals surface area contributed by atoms with E-state index in [4.69, 9.17) is 16.3 Å². The first-order valence-electron chi connectivity index (χ1n) is 4.48. The highest BCUT2D eigenvalue weighted by Gasteiger charge is 2.10. The molecule has 0 atom stereocenters. The van der Waals surface area contributed by atoms with Crippen LogP contribution >= 0.6 is 27.5 Å². The van der Waals surface area contributed by atoms with Gasteiger partial charge in [0.1, 0.15) is 22.0 Å². The van der Waals surface area contributed by atoms with Gasteiger partial charge in [0.15, 0.2) is 0 Å². The average molecular weight is 304 g/mol. The van der Waals surface area contributed by atoms with Crippen molar-refractivity contribution in [1.29, 1.82) is 0 Å². The lowest BCUT2D eigenvalue weighted by molar-refractivity contribution is 0.415. The number of halogens is 2. The third-order valence-corrected chi connectivity index (χ3v) is 3.08. The van der Waals surface area contributed by atoms with Crippen LogP contribution in [-0.4, -0.2) is 17.1 Å². The summed E-state index contributed by atoms with van der Waals surface area (Å²) < 4.78 is 5.08. The molecule has 0 amide bonds. The highest BCUT2D eigenvalue weighted by atomic mass is 79.9. The van der Waals surface area contributed by atoms with E-state index < -0.39 is 0 Å². The predicted molar refractivity (Wildman–Crippen MR) is 66.6 cm³/mol. The Morgan fingerprint density at radius 2 is 2.31 bits per heavy atom. The van der Waals surface area contributed by atoms with Crippen molar-refractivity contribution < 1.29 is 4.74 Å². The Balaban J connectivity index is 2.82. The third kappa shape index (κ3) is 1.81. The molecule has 0 aliphatic rings. The van der Waals surface area contributed by atoms with Crippen LogP contribution in [-0.2, 0) is 5.33 Å². The normalized spacial score (nSPS) is 10.7. The zero-order valence-corrected chi connectivity index (χ0v) is 10.7. The van der Waals surface area contributed by atoms with Gasteiger partial charge in [0.25, 0.3) is 5.56 Å². The summed E-state index contributed by atoms with van der Waals surface area (Å²) in [6.45, 7) is 0. The molecule has 84 valence electrons. The maximum absolute atomic E-state index is 11.5. The number of ether oxygens (including phenoxy) is 1. The molecule has 0 unspecified atom stereocenters. The summed E-state index contributed by atoms with van der Waals surface area (Å²) in [6.07, 6.45) is 0. The number of H-pyrrole nitrogens is 1. The van der Waals surface area contributed by atoms with Gasteiger partial charge < -0.3 is 9.72 Å². The van der Waals surface area contributed by atoms with E-state index in [0.717, 1.165) is 0 Å². The molecule has 0 saturated heterocycles. The van der Waals surface area contributed by atoms with Crippen LogP contribution < -0.4 is 10.3 Å². The quantitative estimate of drug-likeness (QED) is 0.867. The van der Waals surface area contributed by atoms with E-state index in [1.165, 1.54) is 7.11 Å². The lowest BCUT2D eigenvalue weighted by Crippen LogP contribution is -2.13. The van der Waals surface area contributed by atoms with Crippen LogP contribution in [0.3, 0.4) is 0 Å². The van der Waals surface area contributed by atoms with Crippen molar-refractivity contribution in [1.82, 2.24) is 9.97 Å². The Kier molecular flexibility index (Phi) is 3.16. The fourth-order valence-corrected chi connectivity index (χ4v) is 2.05. The summed E-state index contributed by atoms with van der Waals surface area (Å²) in [5.74, 6) is 0.536. The van der Waals surface area contributed by atoms with E-state index >= 15 is 0 Å². The van der Waals surface area contributed by atoms with Crippen LogP contribution in [0.5, 0.6) is 5.75 Å². The van der Waals surface area contributed by atoms with E-state index in [-0.39, 0.29) is 5.56 Å². The molecule has 0 aliphatic carbocycles. The van der Waals surface area contributed by atoms with Crippen LogP contribution in [0.15, 0.2) is 16.9 Å². The SMILES string of the molecule is COc1ccc2[nH]c(=O)c(CBr)nc2c1Cl. The number of hydrogen-bond donors (Lipinski definition) is 1. The summed E-state index contributed by atoms with van der Waals surface area (Å²) in [6, 6.07) is 3.41. The Morgan fingerprint density at radius 1 is 1.56 bits per heavy atom. The fraction of sp³-hybridized carbons (Fsp3) is 0.200. The van der Waals surface area contributed by atoms with Gasteiger partial charge >= 0.3 is 0 Å². The Hall–Kier alpha value is -1.07. The van der Waals surface area contributed by atoms with Crippen LogP contribution in [0.2, 0.25) is 5.02 Å². The van der Waals surface area contributed by atoms with Crippen molar-refractivity contribution in [3.05, 3.63) is 33.2 Å². The van der Waals surface area contributed by atoms with Crippen molar-refractivity contribution in [3.63, 3.8) is 0 Å². The molecular weight excluding hydrogens is 295 g/mol. The number of aromatic amines is 1. The summed E-state index contributed by atoms with van der Waals surface area (Å²) in [7, 11) is 1.53. The smallest absolute Gasteiger partial charge is 0.271 e. The number of fused-ring (bicyclic) bond motifs is 1. The average Bonchev–Trinajstić information content (AvgIpc) is 2.29. The van der Waals surface area contributed by atoms with Gasteiger partial charge in [-0.2, -0.15) is 0 Å². The molecule has 0 radical (unpaired) electrons. The second-order valence-corrected chi connectivity index (χ2v) is 4.06. The number of nitrogens with zero attached hydrogens (tertiary/aromatic N) is 1. The Labute approximate surface area is 105 Å². The molecule has 2 aromatic rings. The molecule has 0 spiro atoms. The first-order valence-corrected chi connectivity index (χ1v) is 5.98. The number of hydrogen-bond acceptors (Lipinski definition) is 3. The van der Waals surface area contributed by atoms with Crippen LogP contribution in [0.4, 0.5) is 0 Å². The minimum absolute atomic E-state index is 0.217. The van der Waals surface area contributed by atoms with E-state index in [1.807, 2.05) is 0 Å². The highest BCUT2D eigenvalue weighted by Crippen LogP contribution is 2.30. The number of benzene rings is 1. The Bertz CT molecular complexity index is 597. The molecule has 1 aromatic heterocycles. The summed E-state index contributed by atoms with van der Waals surface area (Å²) >= 11 is 9.30. The maximum Gasteiger partial charge on any atom is 0.271 e. The van der Waals surface area contributed by atoms with Gasteiger partial charge in [-0.25, -0.2) is 4.98 Å². The van der Waals surface area contributed by atoms with E-state index in [1.54, 1.807) is 12.1 Å². The fourth-order valence-electron chi connectivity index (χ4n) is 1.38. The van der Waals surface area contributed by atoms with Crippen LogP contribution in [0.25, 0.3) is 11.0 Å². The van der Waals surface area contributed by atoms with Crippen molar-refractivity contribution in [2.24, 2.45) is 0 Å². The lowest BCUT2D eigenvalue weighted by Gasteiger charge is -2.06. The molecule has 0 fully saturated rings. The number of aromatic nitrogens is 2. The van der Waals surface area contributed by atoms with Crippen molar-refractivity contribution in [3.8, 4) is 5.75 Å². The molecule has 0 bridgehead atoms. The minimum Gasteiger partial charge on any atom is -0.495 e. The zero-order valence-electron chi connectivity index (χ0n) is 8.38. The first-order chi connectivity index (χ1) is 7.67. The first kappa shape index (κ1) is 11.4. The van der Waals surface area contributed by atoms with Gasteiger partial charge in [-0.1, -0.05) is 27.5 Å². The van der Waals surface area contributed by atoms with Crippen molar-refractivity contribution >= 4 is 38.6 Å². The monoisotopic (exact) mass is 302 g/mol.